The normalized spacial score (nSPS) is 14.0. The molecule has 0 spiro atoms. The van der Waals surface area contributed by atoms with E-state index in [1.54, 1.807) is 0 Å². The highest BCUT2D eigenvalue weighted by atomic mass is 32.1. The molecule has 5 amide bonds. The fraction of sp³-hybridized carbons (Fsp3) is 0.382. The molecule has 0 aliphatic carbocycles. The van der Waals surface area contributed by atoms with Crippen molar-refractivity contribution in [1.82, 2.24) is 26.6 Å². The van der Waals surface area contributed by atoms with Gasteiger partial charge >= 0.3 is 23.9 Å². The number of carbonyl (C=O) groups is 9. The maximum Gasteiger partial charge on any atom is 0.326 e. The van der Waals surface area contributed by atoms with Crippen LogP contribution in [0.4, 0.5) is 0 Å². The smallest absolute Gasteiger partial charge is 0.326 e. The van der Waals surface area contributed by atoms with E-state index in [1.165, 1.54) is 48.5 Å². The summed E-state index contributed by atoms with van der Waals surface area (Å²) < 4.78 is 0. The van der Waals surface area contributed by atoms with E-state index in [-0.39, 0.29) is 24.3 Å². The zero-order valence-electron chi connectivity index (χ0n) is 29.4. The average molecular weight is 807 g/mol. The summed E-state index contributed by atoms with van der Waals surface area (Å²) in [4.78, 5) is 112. The Hall–Kier alpha value is -6.42. The van der Waals surface area contributed by atoms with E-state index < -0.39 is 121 Å². The highest BCUT2D eigenvalue weighted by Crippen LogP contribution is 2.14. The lowest BCUT2D eigenvalue weighted by Gasteiger charge is -2.26. The van der Waals surface area contributed by atoms with E-state index in [4.69, 9.17) is 10.8 Å². The van der Waals surface area contributed by atoms with Crippen LogP contribution in [-0.4, -0.2) is 126 Å². The van der Waals surface area contributed by atoms with Crippen LogP contribution in [0.1, 0.15) is 36.8 Å². The first kappa shape index (κ1) is 45.7. The number of aliphatic carboxylic acids is 4. The van der Waals surface area contributed by atoms with Crippen molar-refractivity contribution in [2.24, 2.45) is 5.73 Å². The lowest BCUT2D eigenvalue weighted by atomic mass is 10.0. The Bertz CT molecular complexity index is 1760. The number of nitrogens with one attached hydrogen (secondary N) is 5. The molecule has 22 heteroatoms. The molecule has 0 fully saturated rings. The van der Waals surface area contributed by atoms with Gasteiger partial charge in [0.2, 0.25) is 29.5 Å². The van der Waals surface area contributed by atoms with Gasteiger partial charge in [-0.3, -0.25) is 38.4 Å². The van der Waals surface area contributed by atoms with E-state index in [9.17, 15) is 68.7 Å². The number of rotatable bonds is 23. The minimum Gasteiger partial charge on any atom is -0.508 e. The number of phenolic OH excluding ortho intramolecular Hbond substituents is 2. The third-order valence-corrected chi connectivity index (χ3v) is 8.20. The van der Waals surface area contributed by atoms with Crippen LogP contribution in [0, 0.1) is 0 Å². The molecule has 56 heavy (non-hydrogen) atoms. The summed E-state index contributed by atoms with van der Waals surface area (Å²) in [5, 5.41) is 67.8. The summed E-state index contributed by atoms with van der Waals surface area (Å²) in [5.74, 6) is -12.3. The third kappa shape index (κ3) is 15.9. The molecule has 6 unspecified atom stereocenters. The Balaban J connectivity index is 2.35. The maximum atomic E-state index is 13.6. The summed E-state index contributed by atoms with van der Waals surface area (Å²) in [6.07, 6.45) is -3.81. The molecule has 2 aromatic rings. The predicted molar refractivity (Wildman–Crippen MR) is 194 cm³/mol. The van der Waals surface area contributed by atoms with Crippen LogP contribution in [0.5, 0.6) is 11.5 Å². The van der Waals surface area contributed by atoms with E-state index in [0.29, 0.717) is 11.1 Å². The second-order valence-corrected chi connectivity index (χ2v) is 12.7. The van der Waals surface area contributed by atoms with E-state index in [1.807, 2.05) is 0 Å². The molecular formula is C34H42N6O15S. The summed E-state index contributed by atoms with van der Waals surface area (Å²) in [5.41, 5.74) is 6.27. The van der Waals surface area contributed by atoms with Gasteiger partial charge in [0, 0.05) is 25.0 Å². The largest absolute Gasteiger partial charge is 0.508 e. The van der Waals surface area contributed by atoms with Crippen LogP contribution in [0.25, 0.3) is 0 Å². The first-order chi connectivity index (χ1) is 26.3. The summed E-state index contributed by atoms with van der Waals surface area (Å²) in [7, 11) is 0. The standard InChI is InChI=1S/C34H42N6O15S/c35-20(13-27(45)46)29(49)40-25(15-56)33(53)36-21(9-10-26(43)44)30(50)38-23(14-28(47)48)32(52)37-22(11-16-1-5-18(41)6-2-16)31(51)39-24(34(54)55)12-17-3-7-19(42)8-4-17/h1-8,20-25,41-42,56H,9-15,35H2,(H,36,53)(H,37,52)(H,38,50)(H,39,51)(H,40,49)(H,43,44)(H,45,46)(H,47,48)(H,54,55). The fourth-order valence-electron chi connectivity index (χ4n) is 4.91. The molecule has 0 saturated carbocycles. The molecule has 0 saturated heterocycles. The van der Waals surface area contributed by atoms with Crippen LogP contribution < -0.4 is 32.3 Å². The predicted octanol–water partition coefficient (Wildman–Crippen LogP) is -2.54. The van der Waals surface area contributed by atoms with Crippen LogP contribution in [-0.2, 0) is 56.0 Å². The minimum absolute atomic E-state index is 0.0922. The summed E-state index contributed by atoms with van der Waals surface area (Å²) in [6, 6.07) is 0.762. The van der Waals surface area contributed by atoms with E-state index in [0.717, 1.165) is 0 Å². The van der Waals surface area contributed by atoms with E-state index >= 15 is 0 Å². The number of hydrogen-bond donors (Lipinski definition) is 13. The highest BCUT2D eigenvalue weighted by Gasteiger charge is 2.34. The molecule has 0 aliphatic rings. The molecular weight excluding hydrogens is 764 g/mol. The van der Waals surface area contributed by atoms with Gasteiger partial charge in [0.1, 0.15) is 41.7 Å². The van der Waals surface area contributed by atoms with Gasteiger partial charge in [0.15, 0.2) is 0 Å². The molecule has 0 radical (unpaired) electrons. The number of aromatic hydroxyl groups is 2. The van der Waals surface area contributed by atoms with Gasteiger partial charge in [-0.05, 0) is 41.8 Å². The Labute approximate surface area is 323 Å². The van der Waals surface area contributed by atoms with Gasteiger partial charge in [-0.2, -0.15) is 12.6 Å². The van der Waals surface area contributed by atoms with Crippen molar-refractivity contribution in [3.05, 3.63) is 59.7 Å². The number of nitrogens with two attached hydrogens (primary N) is 1. The van der Waals surface area contributed by atoms with Crippen molar-refractivity contribution in [2.45, 2.75) is 74.8 Å². The van der Waals surface area contributed by atoms with Crippen LogP contribution >= 0.6 is 12.6 Å². The number of phenols is 2. The van der Waals surface area contributed by atoms with E-state index in [2.05, 4.69) is 39.2 Å². The van der Waals surface area contributed by atoms with Crippen molar-refractivity contribution < 1.29 is 73.8 Å². The molecule has 0 aromatic heterocycles. The van der Waals surface area contributed by atoms with Gasteiger partial charge in [-0.25, -0.2) is 4.79 Å². The van der Waals surface area contributed by atoms with Gasteiger partial charge in [0.05, 0.1) is 18.9 Å². The minimum atomic E-state index is -1.97. The van der Waals surface area contributed by atoms with Crippen molar-refractivity contribution in [3.63, 3.8) is 0 Å². The number of benzene rings is 2. The summed E-state index contributed by atoms with van der Waals surface area (Å²) in [6.45, 7) is 0. The highest BCUT2D eigenvalue weighted by molar-refractivity contribution is 7.80. The number of carboxylic acids is 4. The van der Waals surface area contributed by atoms with Gasteiger partial charge in [-0.1, -0.05) is 24.3 Å². The Morgan fingerprint density at radius 2 is 0.911 bits per heavy atom. The number of amides is 5. The number of hydrogen-bond acceptors (Lipinski definition) is 13. The molecule has 0 aliphatic heterocycles. The van der Waals surface area contributed by atoms with Crippen LogP contribution in [0.3, 0.4) is 0 Å². The SMILES string of the molecule is NC(CC(=O)O)C(=O)NC(CS)C(=O)NC(CCC(=O)O)C(=O)NC(CC(=O)O)C(=O)NC(Cc1ccc(O)cc1)C(=O)NC(Cc1ccc(O)cc1)C(=O)O. The van der Waals surface area contributed by atoms with Gasteiger partial charge in [0.25, 0.3) is 0 Å². The fourth-order valence-corrected chi connectivity index (χ4v) is 5.17. The molecule has 0 heterocycles. The lowest BCUT2D eigenvalue weighted by Crippen LogP contribution is -2.60. The zero-order valence-corrected chi connectivity index (χ0v) is 30.3. The van der Waals surface area contributed by atoms with Crippen LogP contribution in [0.2, 0.25) is 0 Å². The number of thiol groups is 1. The lowest BCUT2D eigenvalue weighted by molar-refractivity contribution is -0.143. The maximum absolute atomic E-state index is 13.6. The number of carboxylic acid groups (broad SMARTS) is 4. The van der Waals surface area contributed by atoms with Crippen LogP contribution in [0.15, 0.2) is 48.5 Å². The first-order valence-electron chi connectivity index (χ1n) is 16.6. The molecule has 0 bridgehead atoms. The average Bonchev–Trinajstić information content (AvgIpc) is 3.12. The molecule has 6 atom stereocenters. The van der Waals surface area contributed by atoms with Crippen molar-refractivity contribution in [1.29, 1.82) is 0 Å². The second-order valence-electron chi connectivity index (χ2n) is 12.3. The Morgan fingerprint density at radius 3 is 1.38 bits per heavy atom. The molecule has 304 valence electrons. The zero-order chi connectivity index (χ0) is 42.1. The van der Waals surface area contributed by atoms with Crippen molar-refractivity contribution >= 4 is 66.0 Å². The quantitative estimate of drug-likeness (QED) is 0.0515. The molecule has 21 nitrogen and oxygen atoms in total. The molecule has 2 aromatic carbocycles. The first-order valence-corrected chi connectivity index (χ1v) is 17.2. The van der Waals surface area contributed by atoms with Crippen molar-refractivity contribution in [3.8, 4) is 11.5 Å². The topological polar surface area (TPSA) is 361 Å². The molecule has 13 N–H and O–H groups in total. The van der Waals surface area contributed by atoms with Crippen molar-refractivity contribution in [2.75, 3.05) is 5.75 Å². The van der Waals surface area contributed by atoms with Gasteiger partial charge in [-0.15, -0.1) is 0 Å². The monoisotopic (exact) mass is 806 g/mol. The second kappa shape index (κ2) is 22.1. The third-order valence-electron chi connectivity index (χ3n) is 7.84. The Kier molecular flexibility index (Phi) is 18.0. The van der Waals surface area contributed by atoms with Gasteiger partial charge < -0.3 is 63.0 Å². The Morgan fingerprint density at radius 1 is 0.518 bits per heavy atom. The summed E-state index contributed by atoms with van der Waals surface area (Å²) >= 11 is 3.96. The number of carbonyl (C=O) groups excluding carboxylic acids is 5. The molecule has 2 rings (SSSR count).